The third-order valence-corrected chi connectivity index (χ3v) is 8.89. The van der Waals surface area contributed by atoms with Gasteiger partial charge in [0, 0.05) is 48.8 Å². The number of phenolic OH excluding ortho intramolecular Hbond substituents is 1. The zero-order chi connectivity index (χ0) is 37.1. The molecule has 1 aliphatic rings. The number of likely N-dealkylation sites (tertiary alicyclic amines) is 1. The van der Waals surface area contributed by atoms with Crippen LogP contribution in [0.4, 0.5) is 13.2 Å². The highest BCUT2D eigenvalue weighted by Crippen LogP contribution is 2.24. The Morgan fingerprint density at radius 3 is 2.23 bits per heavy atom. The van der Waals surface area contributed by atoms with E-state index in [4.69, 9.17) is 9.90 Å². The molecule has 0 unspecified atom stereocenters. The summed E-state index contributed by atoms with van der Waals surface area (Å²) in [6.45, 7) is 4.77. The molecule has 2 amide bonds. The molecule has 0 atom stereocenters. The predicted octanol–water partition coefficient (Wildman–Crippen LogP) is 6.81. The molecule has 2 heterocycles. The average molecular weight is 715 g/mol. The number of fused-ring (bicyclic) bond motifs is 1. The van der Waals surface area contributed by atoms with Crippen molar-refractivity contribution in [3.8, 4) is 16.9 Å². The molecule has 1 aliphatic heterocycles. The number of carboxylic acid groups (broad SMARTS) is 1. The number of para-hydroxylation sites is 1. The molecule has 4 N–H and O–H groups in total. The second-order valence-electron chi connectivity index (χ2n) is 12.7. The molecule has 4 aromatic carbocycles. The first kappa shape index (κ1) is 37.6. The number of hydrogen-bond acceptors (Lipinski definition) is 5. The lowest BCUT2D eigenvalue weighted by Crippen LogP contribution is -2.33. The summed E-state index contributed by atoms with van der Waals surface area (Å²) < 4.78 is 31.7. The van der Waals surface area contributed by atoms with Gasteiger partial charge in [0.25, 0.3) is 5.91 Å². The number of nitrogens with one attached hydrogen (secondary N) is 2. The second-order valence-corrected chi connectivity index (χ2v) is 12.7. The first-order valence-electron chi connectivity index (χ1n) is 17.1. The molecule has 52 heavy (non-hydrogen) atoms. The SMILES string of the molecule is O=C(NCCN1CCCC1)c1cccc(-c2cccc(CN(CCc3ccc(O)cc3)C(=O)Cc3c[nH]c4ccccc34)c2)c1.O=C(O)C(F)(F)F. The van der Waals surface area contributed by atoms with Crippen molar-refractivity contribution in [3.63, 3.8) is 0 Å². The first-order chi connectivity index (χ1) is 25.0. The van der Waals surface area contributed by atoms with Crippen molar-refractivity contribution in [2.75, 3.05) is 32.7 Å². The van der Waals surface area contributed by atoms with Crippen LogP contribution in [0.5, 0.6) is 5.75 Å². The lowest BCUT2D eigenvalue weighted by Gasteiger charge is -2.23. The molecule has 12 heteroatoms. The van der Waals surface area contributed by atoms with E-state index in [0.717, 1.165) is 58.4 Å². The van der Waals surface area contributed by atoms with Crippen LogP contribution in [0, 0.1) is 0 Å². The van der Waals surface area contributed by atoms with E-state index in [1.807, 2.05) is 90.0 Å². The Labute approximate surface area is 299 Å². The Bertz CT molecular complexity index is 1970. The molecule has 0 aliphatic carbocycles. The van der Waals surface area contributed by atoms with Gasteiger partial charge in [-0.1, -0.05) is 60.7 Å². The van der Waals surface area contributed by atoms with Crippen LogP contribution in [0.25, 0.3) is 22.0 Å². The number of alkyl halides is 3. The van der Waals surface area contributed by atoms with Gasteiger partial charge >= 0.3 is 12.1 Å². The molecule has 0 spiro atoms. The van der Waals surface area contributed by atoms with Gasteiger partial charge in [0.05, 0.1) is 6.42 Å². The zero-order valence-corrected chi connectivity index (χ0v) is 28.5. The number of rotatable bonds is 12. The van der Waals surface area contributed by atoms with Crippen LogP contribution in [-0.2, 0) is 29.0 Å². The normalized spacial score (nSPS) is 13.0. The van der Waals surface area contributed by atoms with Gasteiger partial charge in [-0.3, -0.25) is 9.59 Å². The van der Waals surface area contributed by atoms with Crippen molar-refractivity contribution in [1.82, 2.24) is 20.1 Å². The minimum Gasteiger partial charge on any atom is -0.508 e. The van der Waals surface area contributed by atoms with E-state index in [2.05, 4.69) is 21.3 Å². The van der Waals surface area contributed by atoms with Gasteiger partial charge in [0.2, 0.25) is 5.91 Å². The maximum atomic E-state index is 13.8. The number of halogens is 3. The van der Waals surface area contributed by atoms with Crippen LogP contribution >= 0.6 is 0 Å². The highest BCUT2D eigenvalue weighted by atomic mass is 19.4. The number of carbonyl (C=O) groups is 3. The largest absolute Gasteiger partial charge is 0.508 e. The number of aromatic nitrogens is 1. The quantitative estimate of drug-likeness (QED) is 0.113. The molecular weight excluding hydrogens is 673 g/mol. The van der Waals surface area contributed by atoms with Crippen molar-refractivity contribution in [3.05, 3.63) is 126 Å². The number of hydrogen-bond donors (Lipinski definition) is 4. The van der Waals surface area contributed by atoms with Crippen molar-refractivity contribution >= 4 is 28.7 Å². The molecule has 272 valence electrons. The van der Waals surface area contributed by atoms with Crippen LogP contribution < -0.4 is 5.32 Å². The van der Waals surface area contributed by atoms with E-state index in [0.29, 0.717) is 38.0 Å². The summed E-state index contributed by atoms with van der Waals surface area (Å²) in [5, 5.41) is 21.0. The average Bonchev–Trinajstić information content (AvgIpc) is 3.81. The Hall–Kier alpha value is -5.62. The fraction of sp³-hybridized carbons (Fsp3) is 0.275. The summed E-state index contributed by atoms with van der Waals surface area (Å²) in [6, 6.07) is 31.1. The maximum absolute atomic E-state index is 13.8. The summed E-state index contributed by atoms with van der Waals surface area (Å²) in [4.78, 5) is 43.2. The van der Waals surface area contributed by atoms with Gasteiger partial charge in [-0.25, -0.2) is 4.79 Å². The van der Waals surface area contributed by atoms with Gasteiger partial charge in [-0.15, -0.1) is 0 Å². The molecule has 0 radical (unpaired) electrons. The van der Waals surface area contributed by atoms with E-state index >= 15 is 0 Å². The fourth-order valence-electron chi connectivity index (χ4n) is 6.12. The van der Waals surface area contributed by atoms with E-state index in [1.165, 1.54) is 12.8 Å². The minimum absolute atomic E-state index is 0.0523. The smallest absolute Gasteiger partial charge is 0.490 e. The zero-order valence-electron chi connectivity index (χ0n) is 28.5. The second kappa shape index (κ2) is 17.5. The topological polar surface area (TPSA) is 126 Å². The number of amides is 2. The molecule has 6 rings (SSSR count). The third-order valence-electron chi connectivity index (χ3n) is 8.89. The number of H-pyrrole nitrogens is 1. The van der Waals surface area contributed by atoms with Crippen molar-refractivity contribution < 1.29 is 37.8 Å². The van der Waals surface area contributed by atoms with Crippen molar-refractivity contribution in [1.29, 1.82) is 0 Å². The lowest BCUT2D eigenvalue weighted by molar-refractivity contribution is -0.192. The number of carbonyl (C=O) groups excluding carboxylic acids is 2. The molecule has 9 nitrogen and oxygen atoms in total. The summed E-state index contributed by atoms with van der Waals surface area (Å²) in [7, 11) is 0. The number of nitrogens with zero attached hydrogens (tertiary/aromatic N) is 2. The first-order valence-corrected chi connectivity index (χ1v) is 17.1. The van der Waals surface area contributed by atoms with E-state index in [9.17, 15) is 27.9 Å². The van der Waals surface area contributed by atoms with Gasteiger partial charge in [0.15, 0.2) is 0 Å². The minimum atomic E-state index is -5.08. The van der Waals surface area contributed by atoms with Crippen molar-refractivity contribution in [2.24, 2.45) is 0 Å². The monoisotopic (exact) mass is 714 g/mol. The number of carboxylic acids is 1. The molecule has 1 aromatic heterocycles. The highest BCUT2D eigenvalue weighted by molar-refractivity contribution is 5.95. The Kier molecular flexibility index (Phi) is 12.7. The molecule has 1 fully saturated rings. The van der Waals surface area contributed by atoms with Gasteiger partial charge in [-0.05, 0) is 96.6 Å². The third kappa shape index (κ3) is 10.7. The number of phenols is 1. The molecule has 0 bridgehead atoms. The Balaban J connectivity index is 0.000000679. The number of aromatic amines is 1. The van der Waals surface area contributed by atoms with Crippen molar-refractivity contribution in [2.45, 2.75) is 38.4 Å². The molecule has 5 aromatic rings. The van der Waals surface area contributed by atoms with Crippen LogP contribution in [0.1, 0.15) is 39.9 Å². The standard InChI is InChI=1S/C38H40N4O3.C2HF3O2/c43-34-15-13-28(14-16-34)17-21-42(37(44)25-33-26-40-36-12-2-1-11-35(33)36)27-29-7-5-8-30(23-29)31-9-6-10-32(24-31)38(45)39-18-22-41-19-3-4-20-41;3-2(4,5)1(6)7/h1-2,5-16,23-24,26,40,43H,3-4,17-22,25,27H2,(H,39,45);(H,6,7). The van der Waals surface area contributed by atoms with Crippen LogP contribution in [0.2, 0.25) is 0 Å². The number of benzene rings is 4. The lowest BCUT2D eigenvalue weighted by atomic mass is 10.0. The summed E-state index contributed by atoms with van der Waals surface area (Å²) in [5.74, 6) is -2.54. The molecular formula is C40H41F3N4O5. The van der Waals surface area contributed by atoms with Crippen LogP contribution in [0.15, 0.2) is 103 Å². The maximum Gasteiger partial charge on any atom is 0.490 e. The van der Waals surface area contributed by atoms with E-state index in [-0.39, 0.29) is 17.6 Å². The fourth-order valence-corrected chi connectivity index (χ4v) is 6.12. The Morgan fingerprint density at radius 2 is 1.52 bits per heavy atom. The summed E-state index contributed by atoms with van der Waals surface area (Å²) >= 11 is 0. The molecule has 1 saturated heterocycles. The predicted molar refractivity (Wildman–Crippen MR) is 193 cm³/mol. The van der Waals surface area contributed by atoms with Gasteiger partial charge < -0.3 is 30.3 Å². The van der Waals surface area contributed by atoms with Crippen LogP contribution in [0.3, 0.4) is 0 Å². The summed E-state index contributed by atoms with van der Waals surface area (Å²) in [6.07, 6.45) is 0.298. The van der Waals surface area contributed by atoms with Crippen LogP contribution in [-0.4, -0.2) is 81.7 Å². The molecule has 0 saturated carbocycles. The highest BCUT2D eigenvalue weighted by Gasteiger charge is 2.38. The van der Waals surface area contributed by atoms with Gasteiger partial charge in [0.1, 0.15) is 5.75 Å². The van der Waals surface area contributed by atoms with Gasteiger partial charge in [-0.2, -0.15) is 13.2 Å². The Morgan fingerprint density at radius 1 is 0.846 bits per heavy atom. The van der Waals surface area contributed by atoms with E-state index in [1.54, 1.807) is 12.1 Å². The number of aromatic hydroxyl groups is 1. The van der Waals surface area contributed by atoms with E-state index < -0.39 is 12.1 Å². The number of aliphatic carboxylic acids is 1. The summed E-state index contributed by atoms with van der Waals surface area (Å²) in [5.41, 5.74) is 6.68.